The quantitative estimate of drug-likeness (QED) is 0.365. The van der Waals surface area contributed by atoms with E-state index in [0.717, 1.165) is 0 Å². The number of hydrogen-bond acceptors (Lipinski definition) is 2. The molecule has 0 radical (unpaired) electrons. The van der Waals surface area contributed by atoms with Gasteiger partial charge in [-0.3, -0.25) is 4.79 Å². The summed E-state index contributed by atoms with van der Waals surface area (Å²) in [5.74, 6) is -3.44. The van der Waals surface area contributed by atoms with Crippen LogP contribution in [0, 0.1) is 0 Å². The predicted octanol–water partition coefficient (Wildman–Crippen LogP) is 2.32. The number of ether oxygens (including phenoxy) is 1. The predicted molar refractivity (Wildman–Crippen MR) is 45.5 cm³/mol. The molecule has 0 aliphatic heterocycles. The van der Waals surface area contributed by atoms with Crippen LogP contribution in [-0.2, 0) is 9.53 Å². The number of carbonyl (C=O) groups is 1. The molecule has 1 atom stereocenters. The van der Waals surface area contributed by atoms with Gasteiger partial charge < -0.3 is 4.74 Å². The van der Waals surface area contributed by atoms with Gasteiger partial charge in [0.1, 0.15) is 5.76 Å². The topological polar surface area (TPSA) is 26.3 Å². The van der Waals surface area contributed by atoms with Crippen LogP contribution in [0.2, 0.25) is 0 Å². The summed E-state index contributed by atoms with van der Waals surface area (Å²) in [6.07, 6.45) is -0.643. The lowest BCUT2D eigenvalue weighted by Gasteiger charge is -2.22. The number of halogens is 2. The lowest BCUT2D eigenvalue weighted by Crippen LogP contribution is -2.36. The van der Waals surface area contributed by atoms with Crippen molar-refractivity contribution in [3.8, 4) is 0 Å². The van der Waals surface area contributed by atoms with Gasteiger partial charge in [-0.05, 0) is 12.5 Å². The molecule has 0 aromatic heterocycles. The lowest BCUT2D eigenvalue weighted by molar-refractivity contribution is -0.149. The van der Waals surface area contributed by atoms with Crippen LogP contribution in [0.5, 0.6) is 0 Å². The largest absolute Gasteiger partial charge is 0.484 e. The Labute approximate surface area is 75.9 Å². The summed E-state index contributed by atoms with van der Waals surface area (Å²) < 4.78 is 30.2. The van der Waals surface area contributed by atoms with Gasteiger partial charge in [-0.2, -0.15) is 8.78 Å². The third kappa shape index (κ3) is 3.36. The van der Waals surface area contributed by atoms with Gasteiger partial charge in [-0.15, -0.1) is 0 Å². The Morgan fingerprint density at radius 3 is 2.54 bits per heavy atom. The van der Waals surface area contributed by atoms with E-state index in [1.165, 1.54) is 13.0 Å². The van der Waals surface area contributed by atoms with Crippen molar-refractivity contribution in [3.05, 3.63) is 25.0 Å². The highest BCUT2D eigenvalue weighted by atomic mass is 19.3. The highest BCUT2D eigenvalue weighted by molar-refractivity contribution is 5.60. The average molecular weight is 190 g/mol. The van der Waals surface area contributed by atoms with E-state index in [4.69, 9.17) is 4.74 Å². The fraction of sp³-hybridized carbons (Fsp3) is 0.444. The van der Waals surface area contributed by atoms with Crippen LogP contribution < -0.4 is 0 Å². The molecule has 0 saturated heterocycles. The van der Waals surface area contributed by atoms with E-state index >= 15 is 0 Å². The average Bonchev–Trinajstić information content (AvgIpc) is 2.13. The first-order valence-corrected chi connectivity index (χ1v) is 3.80. The molecule has 0 amide bonds. The molecule has 0 aliphatic rings. The van der Waals surface area contributed by atoms with Crippen molar-refractivity contribution in [2.45, 2.75) is 25.4 Å². The summed E-state index contributed by atoms with van der Waals surface area (Å²) in [6.45, 7) is 8.12. The van der Waals surface area contributed by atoms with E-state index in [0.29, 0.717) is 0 Å². The van der Waals surface area contributed by atoms with E-state index in [1.54, 1.807) is 0 Å². The van der Waals surface area contributed by atoms with Crippen LogP contribution in [0.1, 0.15) is 13.3 Å². The number of carbonyl (C=O) groups excluding carboxylic acids is 1. The molecular formula is C9H12F2O2. The van der Waals surface area contributed by atoms with Crippen molar-refractivity contribution >= 4 is 6.29 Å². The van der Waals surface area contributed by atoms with E-state index in [2.05, 4.69) is 13.2 Å². The fourth-order valence-electron chi connectivity index (χ4n) is 0.741. The summed E-state index contributed by atoms with van der Waals surface area (Å²) >= 11 is 0. The van der Waals surface area contributed by atoms with E-state index in [9.17, 15) is 13.6 Å². The van der Waals surface area contributed by atoms with Gasteiger partial charge in [0.05, 0.1) is 0 Å². The van der Waals surface area contributed by atoms with Gasteiger partial charge in [0.15, 0.2) is 12.4 Å². The van der Waals surface area contributed by atoms with Crippen molar-refractivity contribution in [1.29, 1.82) is 0 Å². The Hall–Kier alpha value is -1.19. The van der Waals surface area contributed by atoms with Crippen LogP contribution >= 0.6 is 0 Å². The Bertz CT molecular complexity index is 212. The summed E-state index contributed by atoms with van der Waals surface area (Å²) in [6, 6.07) is 0. The molecule has 0 aromatic rings. The normalized spacial score (nSPS) is 13.2. The summed E-state index contributed by atoms with van der Waals surface area (Å²) in [5, 5.41) is 0. The Balaban J connectivity index is 4.42. The monoisotopic (exact) mass is 190 g/mol. The summed E-state index contributed by atoms with van der Waals surface area (Å²) in [7, 11) is 0. The van der Waals surface area contributed by atoms with Gasteiger partial charge in [0.25, 0.3) is 0 Å². The molecule has 0 spiro atoms. The first-order chi connectivity index (χ1) is 5.97. The second kappa shape index (κ2) is 4.74. The van der Waals surface area contributed by atoms with E-state index in [-0.39, 0.29) is 12.2 Å². The molecule has 2 nitrogen and oxygen atoms in total. The highest BCUT2D eigenvalue weighted by Crippen LogP contribution is 2.23. The lowest BCUT2D eigenvalue weighted by atomic mass is 10.1. The number of aldehydes is 1. The maximum Gasteiger partial charge on any atom is 0.338 e. The van der Waals surface area contributed by atoms with Crippen LogP contribution in [-0.4, -0.2) is 18.3 Å². The smallest absolute Gasteiger partial charge is 0.338 e. The third-order valence-electron chi connectivity index (χ3n) is 1.48. The Morgan fingerprint density at radius 2 is 2.23 bits per heavy atom. The molecule has 0 N–H and O–H groups in total. The van der Waals surface area contributed by atoms with Gasteiger partial charge in [-0.1, -0.05) is 20.1 Å². The van der Waals surface area contributed by atoms with Gasteiger partial charge >= 0.3 is 5.92 Å². The second-order valence-electron chi connectivity index (χ2n) is 2.48. The van der Waals surface area contributed by atoms with E-state index in [1.807, 2.05) is 0 Å². The molecule has 1 unspecified atom stereocenters. The zero-order valence-corrected chi connectivity index (χ0v) is 7.43. The summed E-state index contributed by atoms with van der Waals surface area (Å²) in [4.78, 5) is 10.0. The molecule has 0 heterocycles. The van der Waals surface area contributed by atoms with Crippen LogP contribution in [0.25, 0.3) is 0 Å². The first-order valence-electron chi connectivity index (χ1n) is 3.80. The minimum absolute atomic E-state index is 0.0264. The second-order valence-corrected chi connectivity index (χ2v) is 2.48. The van der Waals surface area contributed by atoms with Crippen molar-refractivity contribution in [2.24, 2.45) is 0 Å². The molecule has 0 saturated carbocycles. The molecule has 4 heteroatoms. The molecular weight excluding hydrogens is 178 g/mol. The van der Waals surface area contributed by atoms with Crippen molar-refractivity contribution in [3.63, 3.8) is 0 Å². The Kier molecular flexibility index (Phi) is 4.31. The molecule has 0 aromatic carbocycles. The minimum atomic E-state index is -3.47. The molecule has 0 rings (SSSR count). The maximum atomic E-state index is 12.7. The minimum Gasteiger partial charge on any atom is -0.484 e. The number of allylic oxidation sites excluding steroid dienone is 1. The van der Waals surface area contributed by atoms with Crippen molar-refractivity contribution in [1.82, 2.24) is 0 Å². The highest BCUT2D eigenvalue weighted by Gasteiger charge is 2.40. The zero-order valence-electron chi connectivity index (χ0n) is 7.43. The van der Waals surface area contributed by atoms with Crippen LogP contribution in [0.4, 0.5) is 8.78 Å². The SMILES string of the molecule is C=CC(=C)OC(CC)C(F)(F)C=O. The van der Waals surface area contributed by atoms with Gasteiger partial charge in [0.2, 0.25) is 0 Å². The van der Waals surface area contributed by atoms with Crippen molar-refractivity contribution in [2.75, 3.05) is 0 Å². The standard InChI is InChI=1S/C9H12F2O2/c1-4-7(3)13-8(5-2)9(10,11)6-12/h4,6,8H,1,3,5H2,2H3. The maximum absolute atomic E-state index is 12.7. The zero-order chi connectivity index (χ0) is 10.5. The number of rotatable bonds is 6. The van der Waals surface area contributed by atoms with Crippen LogP contribution in [0.15, 0.2) is 25.0 Å². The molecule has 13 heavy (non-hydrogen) atoms. The Morgan fingerprint density at radius 1 is 1.69 bits per heavy atom. The van der Waals surface area contributed by atoms with Crippen molar-refractivity contribution < 1.29 is 18.3 Å². The molecule has 0 fully saturated rings. The van der Waals surface area contributed by atoms with E-state index < -0.39 is 18.3 Å². The van der Waals surface area contributed by atoms with Gasteiger partial charge in [0, 0.05) is 0 Å². The molecule has 0 aliphatic carbocycles. The first kappa shape index (κ1) is 11.8. The number of alkyl halides is 2. The number of hydrogen-bond donors (Lipinski definition) is 0. The fourth-order valence-corrected chi connectivity index (χ4v) is 0.741. The third-order valence-corrected chi connectivity index (χ3v) is 1.48. The summed E-state index contributed by atoms with van der Waals surface area (Å²) in [5.41, 5.74) is 0. The molecule has 74 valence electrons. The van der Waals surface area contributed by atoms with Crippen LogP contribution in [0.3, 0.4) is 0 Å². The van der Waals surface area contributed by atoms with Gasteiger partial charge in [-0.25, -0.2) is 0 Å². The molecule has 0 bridgehead atoms.